The molecule has 1 saturated carbocycles. The fourth-order valence-corrected chi connectivity index (χ4v) is 2.96. The van der Waals surface area contributed by atoms with E-state index >= 15 is 0 Å². The van der Waals surface area contributed by atoms with Crippen molar-refractivity contribution < 1.29 is 14.2 Å². The molecule has 156 valence electrons. The first-order chi connectivity index (χ1) is 13.8. The fourth-order valence-electron chi connectivity index (χ4n) is 2.96. The van der Waals surface area contributed by atoms with Crippen LogP contribution in [0, 0.1) is 5.92 Å². The Labute approximate surface area is 188 Å². The number of ether oxygens (including phenoxy) is 3. The van der Waals surface area contributed by atoms with Crippen molar-refractivity contribution in [3.8, 4) is 17.4 Å². The molecule has 0 radical (unpaired) electrons. The molecule has 2 aromatic rings. The summed E-state index contributed by atoms with van der Waals surface area (Å²) in [6.45, 7) is 2.50. The van der Waals surface area contributed by atoms with E-state index in [1.54, 1.807) is 13.2 Å². The van der Waals surface area contributed by atoms with Gasteiger partial charge in [-0.2, -0.15) is 0 Å². The summed E-state index contributed by atoms with van der Waals surface area (Å²) >= 11 is 0. The molecule has 1 aromatic heterocycles. The largest absolute Gasteiger partial charge is 0.477 e. The van der Waals surface area contributed by atoms with Crippen LogP contribution in [-0.4, -0.2) is 37.9 Å². The first-order valence-electron chi connectivity index (χ1n) is 9.71. The molecule has 1 aliphatic carbocycles. The Bertz CT molecular complexity index is 842. The van der Waals surface area contributed by atoms with E-state index in [9.17, 15) is 0 Å². The number of rotatable bonds is 8. The van der Waals surface area contributed by atoms with Gasteiger partial charge in [-0.3, -0.25) is 4.99 Å². The Morgan fingerprint density at radius 2 is 2.00 bits per heavy atom. The van der Waals surface area contributed by atoms with Gasteiger partial charge in [0.05, 0.1) is 6.61 Å². The first kappa shape index (κ1) is 21.5. The van der Waals surface area contributed by atoms with Crippen molar-refractivity contribution in [2.75, 3.05) is 27.0 Å². The van der Waals surface area contributed by atoms with Gasteiger partial charge in [-0.05, 0) is 54.5 Å². The molecule has 0 bridgehead atoms. The number of halogens is 1. The summed E-state index contributed by atoms with van der Waals surface area (Å²) in [7, 11) is 1.77. The van der Waals surface area contributed by atoms with Crippen LogP contribution < -0.4 is 24.8 Å². The van der Waals surface area contributed by atoms with Gasteiger partial charge in [0, 0.05) is 32.4 Å². The molecule has 2 N–H and O–H groups in total. The molecule has 2 heterocycles. The lowest BCUT2D eigenvalue weighted by atomic mass is 10.1. The molecule has 2 aliphatic rings. The molecule has 0 saturated heterocycles. The molecule has 0 unspecified atom stereocenters. The summed E-state index contributed by atoms with van der Waals surface area (Å²) in [6, 6.07) is 10.0. The van der Waals surface area contributed by atoms with Gasteiger partial charge in [-0.1, -0.05) is 6.07 Å². The zero-order valence-electron chi connectivity index (χ0n) is 16.5. The Kier molecular flexibility index (Phi) is 7.79. The van der Waals surface area contributed by atoms with Crippen LogP contribution in [0.1, 0.15) is 24.0 Å². The number of aliphatic imine (C=N–C) groups is 1. The number of hydrogen-bond acceptors (Lipinski definition) is 5. The molecule has 0 amide bonds. The first-order valence-corrected chi connectivity index (χ1v) is 9.71. The summed E-state index contributed by atoms with van der Waals surface area (Å²) < 4.78 is 16.5. The summed E-state index contributed by atoms with van der Waals surface area (Å²) in [5.41, 5.74) is 2.30. The minimum atomic E-state index is 0. The van der Waals surface area contributed by atoms with Crippen molar-refractivity contribution in [2.45, 2.75) is 25.8 Å². The predicted molar refractivity (Wildman–Crippen MR) is 122 cm³/mol. The number of nitrogens with one attached hydrogen (secondary N) is 2. The average Bonchev–Trinajstić information content (AvgIpc) is 3.44. The van der Waals surface area contributed by atoms with Gasteiger partial charge in [-0.25, -0.2) is 4.98 Å². The molecular formula is C21H27IN4O3. The van der Waals surface area contributed by atoms with Gasteiger partial charge in [0.25, 0.3) is 0 Å². The summed E-state index contributed by atoms with van der Waals surface area (Å²) in [6.07, 6.45) is 5.20. The second-order valence-electron chi connectivity index (χ2n) is 7.05. The molecule has 1 aromatic carbocycles. The highest BCUT2D eigenvalue weighted by atomic mass is 127. The van der Waals surface area contributed by atoms with Gasteiger partial charge < -0.3 is 24.8 Å². The summed E-state index contributed by atoms with van der Waals surface area (Å²) in [5.74, 6) is 3.80. The highest BCUT2D eigenvalue weighted by Gasteiger charge is 2.22. The van der Waals surface area contributed by atoms with E-state index in [1.165, 1.54) is 18.4 Å². The zero-order chi connectivity index (χ0) is 19.2. The highest BCUT2D eigenvalue weighted by molar-refractivity contribution is 14.0. The third-order valence-electron chi connectivity index (χ3n) is 4.79. The van der Waals surface area contributed by atoms with Gasteiger partial charge in [0.15, 0.2) is 17.5 Å². The van der Waals surface area contributed by atoms with Gasteiger partial charge in [-0.15, -0.1) is 24.0 Å². The van der Waals surface area contributed by atoms with Crippen LogP contribution in [-0.2, 0) is 13.0 Å². The standard InChI is InChI=1S/C21H26N4O3.HI/c1-22-21(24-9-6-15-4-5-18-19(10-15)28-14-27-18)25-12-17-7-8-23-20(11-17)26-13-16-2-3-16;/h4-5,7-8,10-11,16H,2-3,6,9,12-14H2,1H3,(H2,22,24,25);1H. The quantitative estimate of drug-likeness (QED) is 0.323. The molecule has 1 fully saturated rings. The van der Waals surface area contributed by atoms with Crippen LogP contribution in [0.2, 0.25) is 0 Å². The van der Waals surface area contributed by atoms with E-state index in [2.05, 4.69) is 26.7 Å². The second kappa shape index (κ2) is 10.5. The Balaban J connectivity index is 0.00000240. The van der Waals surface area contributed by atoms with Crippen LogP contribution in [0.25, 0.3) is 0 Å². The van der Waals surface area contributed by atoms with Crippen LogP contribution in [0.15, 0.2) is 41.5 Å². The molecule has 0 atom stereocenters. The van der Waals surface area contributed by atoms with Gasteiger partial charge in [0.1, 0.15) is 0 Å². The second-order valence-corrected chi connectivity index (χ2v) is 7.05. The summed E-state index contributed by atoms with van der Waals surface area (Å²) in [5, 5.41) is 6.67. The topological polar surface area (TPSA) is 77.0 Å². The molecular weight excluding hydrogens is 483 g/mol. The lowest BCUT2D eigenvalue weighted by Crippen LogP contribution is -2.37. The number of aromatic nitrogens is 1. The van der Waals surface area contributed by atoms with Gasteiger partial charge >= 0.3 is 0 Å². The molecule has 29 heavy (non-hydrogen) atoms. The maximum Gasteiger partial charge on any atom is 0.231 e. The molecule has 1 aliphatic heterocycles. The van der Waals surface area contributed by atoms with Crippen molar-refractivity contribution in [1.29, 1.82) is 0 Å². The molecule has 0 spiro atoms. The Hall–Kier alpha value is -2.23. The SMILES string of the molecule is CN=C(NCCc1ccc2c(c1)OCO2)NCc1ccnc(OCC2CC2)c1.I. The van der Waals surface area contributed by atoms with E-state index in [4.69, 9.17) is 14.2 Å². The van der Waals surface area contributed by atoms with Crippen LogP contribution >= 0.6 is 24.0 Å². The lowest BCUT2D eigenvalue weighted by molar-refractivity contribution is 0.174. The summed E-state index contributed by atoms with van der Waals surface area (Å²) in [4.78, 5) is 8.56. The number of fused-ring (bicyclic) bond motifs is 1. The number of hydrogen-bond donors (Lipinski definition) is 2. The number of pyridine rings is 1. The van der Waals surface area contributed by atoms with E-state index < -0.39 is 0 Å². The van der Waals surface area contributed by atoms with Gasteiger partial charge in [0.2, 0.25) is 12.7 Å². The minimum Gasteiger partial charge on any atom is -0.477 e. The highest BCUT2D eigenvalue weighted by Crippen LogP contribution is 2.32. The Morgan fingerprint density at radius 3 is 2.83 bits per heavy atom. The lowest BCUT2D eigenvalue weighted by Gasteiger charge is -2.13. The number of benzene rings is 1. The maximum absolute atomic E-state index is 5.75. The number of nitrogens with zero attached hydrogens (tertiary/aromatic N) is 2. The zero-order valence-corrected chi connectivity index (χ0v) is 18.8. The third kappa shape index (κ3) is 6.38. The monoisotopic (exact) mass is 510 g/mol. The Morgan fingerprint density at radius 1 is 1.14 bits per heavy atom. The van der Waals surface area contributed by atoms with Crippen LogP contribution in [0.3, 0.4) is 0 Å². The average molecular weight is 510 g/mol. The van der Waals surface area contributed by atoms with Crippen molar-refractivity contribution in [3.05, 3.63) is 47.7 Å². The fraction of sp³-hybridized carbons (Fsp3) is 0.429. The smallest absolute Gasteiger partial charge is 0.231 e. The normalized spacial score (nSPS) is 14.9. The minimum absolute atomic E-state index is 0. The molecule has 7 nitrogen and oxygen atoms in total. The maximum atomic E-state index is 5.75. The molecule has 8 heteroatoms. The van der Waals surface area contributed by atoms with E-state index in [-0.39, 0.29) is 24.0 Å². The van der Waals surface area contributed by atoms with E-state index in [1.807, 2.05) is 24.3 Å². The van der Waals surface area contributed by atoms with Crippen LogP contribution in [0.5, 0.6) is 17.4 Å². The molecule has 4 rings (SSSR count). The third-order valence-corrected chi connectivity index (χ3v) is 4.79. The van der Waals surface area contributed by atoms with Crippen molar-refractivity contribution in [1.82, 2.24) is 15.6 Å². The number of guanidine groups is 1. The van der Waals surface area contributed by atoms with Crippen LogP contribution in [0.4, 0.5) is 0 Å². The van der Waals surface area contributed by atoms with Crippen molar-refractivity contribution in [3.63, 3.8) is 0 Å². The predicted octanol–water partition coefficient (Wildman–Crippen LogP) is 3.12. The van der Waals surface area contributed by atoms with Crippen molar-refractivity contribution in [2.24, 2.45) is 10.9 Å². The van der Waals surface area contributed by atoms with E-state index in [0.717, 1.165) is 48.5 Å². The van der Waals surface area contributed by atoms with E-state index in [0.29, 0.717) is 19.2 Å². The van der Waals surface area contributed by atoms with Crippen molar-refractivity contribution >= 4 is 29.9 Å².